The van der Waals surface area contributed by atoms with Gasteiger partial charge in [-0.3, -0.25) is 0 Å². The lowest BCUT2D eigenvalue weighted by atomic mass is 9.88. The van der Waals surface area contributed by atoms with Crippen LogP contribution < -0.4 is 0 Å². The summed E-state index contributed by atoms with van der Waals surface area (Å²) >= 11 is 0. The zero-order valence-corrected chi connectivity index (χ0v) is 14.9. The molecule has 2 aromatic rings. The van der Waals surface area contributed by atoms with E-state index in [2.05, 4.69) is 40.3 Å². The minimum atomic E-state index is -0.184. The van der Waals surface area contributed by atoms with Gasteiger partial charge in [0.1, 0.15) is 0 Å². The summed E-state index contributed by atoms with van der Waals surface area (Å²) in [7, 11) is 1.46. The Bertz CT molecular complexity index is 725. The number of carbonyl (C=O) groups is 1. The van der Waals surface area contributed by atoms with E-state index in [4.69, 9.17) is 4.74 Å². The molecule has 134 valence electrons. The number of carbonyl (C=O) groups excluding carboxylic acids is 1. The number of nitrogens with zero attached hydrogens (tertiary/aromatic N) is 2. The van der Waals surface area contributed by atoms with Crippen molar-refractivity contribution in [1.29, 1.82) is 0 Å². The third-order valence-electron chi connectivity index (χ3n) is 6.00. The number of para-hydroxylation sites is 1. The minimum Gasteiger partial charge on any atom is -0.453 e. The van der Waals surface area contributed by atoms with Crippen molar-refractivity contribution in [3.63, 3.8) is 0 Å². The third-order valence-corrected chi connectivity index (χ3v) is 6.00. The van der Waals surface area contributed by atoms with Crippen LogP contribution in [0, 0.1) is 0 Å². The van der Waals surface area contributed by atoms with E-state index in [0.29, 0.717) is 12.0 Å². The van der Waals surface area contributed by atoms with Gasteiger partial charge in [-0.15, -0.1) is 0 Å². The number of benzene rings is 1. The molecule has 2 aliphatic rings. The molecular weight excluding hydrogens is 314 g/mol. The first-order valence-electron chi connectivity index (χ1n) is 9.39. The summed E-state index contributed by atoms with van der Waals surface area (Å²) in [6.45, 7) is 3.96. The highest BCUT2D eigenvalue weighted by Crippen LogP contribution is 2.34. The van der Waals surface area contributed by atoms with Crippen LogP contribution in [0.5, 0.6) is 0 Å². The van der Waals surface area contributed by atoms with Crippen LogP contribution in [0.4, 0.5) is 4.79 Å². The summed E-state index contributed by atoms with van der Waals surface area (Å²) in [5.74, 6) is 0.655. The normalized spacial score (nSPS) is 20.9. The molecule has 1 N–H and O–H groups in total. The van der Waals surface area contributed by atoms with Gasteiger partial charge in [-0.1, -0.05) is 18.2 Å². The van der Waals surface area contributed by atoms with E-state index in [-0.39, 0.29) is 6.09 Å². The molecular formula is C20H27N3O2. The molecule has 2 saturated heterocycles. The summed E-state index contributed by atoms with van der Waals surface area (Å²) < 4.78 is 4.83. The second-order valence-corrected chi connectivity index (χ2v) is 7.29. The molecule has 0 unspecified atom stereocenters. The zero-order valence-electron chi connectivity index (χ0n) is 14.9. The Labute approximate surface area is 148 Å². The van der Waals surface area contributed by atoms with Crippen molar-refractivity contribution in [2.75, 3.05) is 33.3 Å². The number of nitrogens with one attached hydrogen (secondary N) is 1. The van der Waals surface area contributed by atoms with Gasteiger partial charge in [0.15, 0.2) is 0 Å². The number of fused-ring (bicyclic) bond motifs is 1. The molecule has 0 bridgehead atoms. The number of hydrogen-bond donors (Lipinski definition) is 1. The van der Waals surface area contributed by atoms with E-state index >= 15 is 0 Å². The molecule has 0 radical (unpaired) electrons. The van der Waals surface area contributed by atoms with Gasteiger partial charge in [0.25, 0.3) is 0 Å². The van der Waals surface area contributed by atoms with Crippen LogP contribution >= 0.6 is 0 Å². The van der Waals surface area contributed by atoms with Gasteiger partial charge < -0.3 is 19.5 Å². The molecule has 1 amide bonds. The van der Waals surface area contributed by atoms with E-state index in [1.54, 1.807) is 0 Å². The molecule has 0 atom stereocenters. The number of aromatic nitrogens is 1. The van der Waals surface area contributed by atoms with Gasteiger partial charge in [-0.05, 0) is 56.3 Å². The number of methoxy groups -OCH3 is 1. The maximum absolute atomic E-state index is 11.6. The van der Waals surface area contributed by atoms with Gasteiger partial charge >= 0.3 is 6.09 Å². The molecule has 1 aromatic carbocycles. The fraction of sp³-hybridized carbons (Fsp3) is 0.550. The van der Waals surface area contributed by atoms with E-state index in [1.165, 1.54) is 36.4 Å². The Hall–Kier alpha value is -2.01. The van der Waals surface area contributed by atoms with E-state index in [9.17, 15) is 4.79 Å². The Kier molecular flexibility index (Phi) is 4.66. The number of likely N-dealkylation sites (tertiary alicyclic amines) is 2. The van der Waals surface area contributed by atoms with Crippen molar-refractivity contribution < 1.29 is 9.53 Å². The van der Waals surface area contributed by atoms with Gasteiger partial charge in [-0.25, -0.2) is 4.79 Å². The molecule has 4 rings (SSSR count). The molecule has 5 nitrogen and oxygen atoms in total. The average molecular weight is 341 g/mol. The van der Waals surface area contributed by atoms with Crippen LogP contribution in [0.1, 0.15) is 37.2 Å². The van der Waals surface area contributed by atoms with Crippen LogP contribution in [0.15, 0.2) is 30.5 Å². The lowest BCUT2D eigenvalue weighted by Crippen LogP contribution is -2.48. The number of ether oxygens (including phenoxy) is 1. The Morgan fingerprint density at radius 2 is 1.80 bits per heavy atom. The second-order valence-electron chi connectivity index (χ2n) is 7.29. The fourth-order valence-corrected chi connectivity index (χ4v) is 4.55. The molecule has 3 heterocycles. The highest BCUT2D eigenvalue weighted by atomic mass is 16.5. The van der Waals surface area contributed by atoms with Gasteiger partial charge in [-0.2, -0.15) is 0 Å². The smallest absolute Gasteiger partial charge is 0.409 e. The molecule has 1 aromatic heterocycles. The maximum atomic E-state index is 11.6. The number of aromatic amines is 1. The van der Waals surface area contributed by atoms with Gasteiger partial charge in [0.05, 0.1) is 7.11 Å². The zero-order chi connectivity index (χ0) is 17.2. The van der Waals surface area contributed by atoms with Gasteiger partial charge in [0, 0.05) is 36.2 Å². The number of H-pyrrole nitrogens is 1. The first-order chi connectivity index (χ1) is 12.3. The van der Waals surface area contributed by atoms with Crippen molar-refractivity contribution >= 4 is 17.0 Å². The van der Waals surface area contributed by atoms with Crippen LogP contribution in [0.2, 0.25) is 0 Å². The molecule has 0 aliphatic carbocycles. The largest absolute Gasteiger partial charge is 0.453 e. The fourth-order valence-electron chi connectivity index (χ4n) is 4.55. The molecule has 0 spiro atoms. The molecule has 2 aliphatic heterocycles. The highest BCUT2D eigenvalue weighted by Gasteiger charge is 2.30. The minimum absolute atomic E-state index is 0.184. The van der Waals surface area contributed by atoms with Crippen LogP contribution in [-0.2, 0) is 4.74 Å². The Morgan fingerprint density at radius 3 is 2.52 bits per heavy atom. The van der Waals surface area contributed by atoms with Crippen LogP contribution in [-0.4, -0.2) is 60.2 Å². The molecule has 5 heteroatoms. The number of hydrogen-bond acceptors (Lipinski definition) is 3. The van der Waals surface area contributed by atoms with Crippen molar-refractivity contribution in [2.24, 2.45) is 0 Å². The van der Waals surface area contributed by atoms with E-state index < -0.39 is 0 Å². The Balaban J connectivity index is 1.34. The van der Waals surface area contributed by atoms with Crippen LogP contribution in [0.3, 0.4) is 0 Å². The topological polar surface area (TPSA) is 48.6 Å². The van der Waals surface area contributed by atoms with Crippen molar-refractivity contribution in [2.45, 2.75) is 37.6 Å². The van der Waals surface area contributed by atoms with Crippen molar-refractivity contribution in [3.8, 4) is 0 Å². The SMILES string of the molecule is COC(=O)N1CCC(N2CCC(c3c[nH]c4ccccc34)CC2)CC1. The standard InChI is InChI=1S/C20H27N3O2/c1-25-20(24)23-12-8-16(9-13-23)22-10-6-15(7-11-22)18-14-21-19-5-3-2-4-17(18)19/h2-5,14-16,21H,6-13H2,1H3. The third kappa shape index (κ3) is 3.25. The summed E-state index contributed by atoms with van der Waals surface area (Å²) in [4.78, 5) is 19.5. The van der Waals surface area contributed by atoms with Crippen molar-refractivity contribution in [1.82, 2.24) is 14.8 Å². The van der Waals surface area contributed by atoms with E-state index in [0.717, 1.165) is 39.0 Å². The Morgan fingerprint density at radius 1 is 1.08 bits per heavy atom. The molecule has 0 saturated carbocycles. The quantitative estimate of drug-likeness (QED) is 0.908. The number of piperidine rings is 2. The second kappa shape index (κ2) is 7.08. The first-order valence-corrected chi connectivity index (χ1v) is 9.39. The maximum Gasteiger partial charge on any atom is 0.409 e. The number of rotatable bonds is 2. The summed E-state index contributed by atoms with van der Waals surface area (Å²) in [6, 6.07) is 9.22. The highest BCUT2D eigenvalue weighted by molar-refractivity contribution is 5.83. The molecule has 25 heavy (non-hydrogen) atoms. The molecule has 2 fully saturated rings. The van der Waals surface area contributed by atoms with Crippen LogP contribution in [0.25, 0.3) is 10.9 Å². The summed E-state index contributed by atoms with van der Waals surface area (Å²) in [6.07, 6.45) is 6.59. The van der Waals surface area contributed by atoms with Gasteiger partial charge in [0.2, 0.25) is 0 Å². The monoisotopic (exact) mass is 341 g/mol. The summed E-state index contributed by atoms with van der Waals surface area (Å²) in [5.41, 5.74) is 2.73. The number of amides is 1. The predicted octanol–water partition coefficient (Wildman–Crippen LogP) is 3.58. The van der Waals surface area contributed by atoms with E-state index in [1.807, 2.05) is 4.90 Å². The lowest BCUT2D eigenvalue weighted by Gasteiger charge is -2.41. The predicted molar refractivity (Wildman–Crippen MR) is 98.8 cm³/mol. The summed E-state index contributed by atoms with van der Waals surface area (Å²) in [5, 5.41) is 1.38. The lowest BCUT2D eigenvalue weighted by molar-refractivity contribution is 0.0734. The first kappa shape index (κ1) is 16.5. The van der Waals surface area contributed by atoms with Crippen molar-refractivity contribution in [3.05, 3.63) is 36.0 Å². The average Bonchev–Trinajstić information content (AvgIpc) is 3.12.